The molecule has 3 heterocycles. The van der Waals surface area contributed by atoms with Crippen molar-refractivity contribution in [1.29, 1.82) is 0 Å². The Morgan fingerprint density at radius 1 is 0.673 bits per heavy atom. The molecule has 10 N–H and O–H groups in total. The third-order valence-corrected chi connectivity index (χ3v) is 10.4. The van der Waals surface area contributed by atoms with Gasteiger partial charge in [-0.2, -0.15) is 0 Å². The summed E-state index contributed by atoms with van der Waals surface area (Å²) in [6.45, 7) is 0.242. The molecule has 300 valence electrons. The summed E-state index contributed by atoms with van der Waals surface area (Å²) >= 11 is 0. The monoisotopic (exact) mass is 754 g/mol. The molecule has 52 heavy (non-hydrogen) atoms. The lowest BCUT2D eigenvalue weighted by atomic mass is 9.75. The molecule has 5 aliphatic rings. The lowest BCUT2D eigenvalue weighted by Crippen LogP contribution is -2.61. The van der Waals surface area contributed by atoms with E-state index in [-0.39, 0.29) is 70.4 Å². The molecule has 2 saturated heterocycles. The average molecular weight is 755 g/mol. The van der Waals surface area contributed by atoms with Crippen LogP contribution in [0.25, 0.3) is 0 Å². The van der Waals surface area contributed by atoms with Crippen molar-refractivity contribution in [3.63, 3.8) is 0 Å². The Balaban J connectivity index is 1.40. The predicted octanol–water partition coefficient (Wildman–Crippen LogP) is -4.46. The summed E-state index contributed by atoms with van der Waals surface area (Å²) in [4.78, 5) is 14.3. The van der Waals surface area contributed by atoms with Gasteiger partial charge in [-0.05, 0) is 26.2 Å². The van der Waals surface area contributed by atoms with Crippen LogP contribution in [-0.4, -0.2) is 195 Å². The van der Waals surface area contributed by atoms with Crippen LogP contribution in [0.2, 0.25) is 0 Å². The van der Waals surface area contributed by atoms with Gasteiger partial charge in [0.05, 0.1) is 82.7 Å². The predicted molar refractivity (Wildman–Crippen MR) is 170 cm³/mol. The van der Waals surface area contributed by atoms with Crippen LogP contribution in [0.5, 0.6) is 0 Å². The summed E-state index contributed by atoms with van der Waals surface area (Å²) in [5, 5.41) is 102. The van der Waals surface area contributed by atoms with Crippen LogP contribution < -0.4 is 0 Å². The molecule has 0 spiro atoms. The summed E-state index contributed by atoms with van der Waals surface area (Å²) in [6.07, 6.45) is -18.1. The second-order valence-electron chi connectivity index (χ2n) is 13.9. The topological polar surface area (TPSA) is 293 Å². The fraction of sp³-hybridized carbons (Fsp3) is 0.909. The Kier molecular flexibility index (Phi) is 15.0. The third-order valence-electron chi connectivity index (χ3n) is 10.4. The second-order valence-corrected chi connectivity index (χ2v) is 13.9. The molecule has 0 radical (unpaired) electrons. The van der Waals surface area contributed by atoms with Crippen LogP contribution in [0.15, 0.2) is 11.5 Å². The Labute approximate surface area is 300 Å². The molecule has 0 bridgehead atoms. The van der Waals surface area contributed by atoms with Crippen LogP contribution in [0.4, 0.5) is 0 Å². The van der Waals surface area contributed by atoms with Crippen LogP contribution in [-0.2, 0) is 42.7 Å². The number of allylic oxidation sites excluding steroid dienone is 2. The van der Waals surface area contributed by atoms with Crippen molar-refractivity contribution in [1.82, 2.24) is 0 Å². The molecule has 2 saturated carbocycles. The number of aliphatic hydroxyl groups excluding tert-OH is 10. The van der Waals surface area contributed by atoms with E-state index in [0.717, 1.165) is 0 Å². The fourth-order valence-electron chi connectivity index (χ4n) is 7.60. The molecule has 2 aliphatic carbocycles. The number of ketones is 1. The lowest BCUT2D eigenvalue weighted by Gasteiger charge is -2.46. The van der Waals surface area contributed by atoms with Gasteiger partial charge in [0.2, 0.25) is 17.8 Å². The second kappa shape index (κ2) is 18.8. The first-order valence-corrected chi connectivity index (χ1v) is 17.9. The maximum absolute atomic E-state index is 14.3. The van der Waals surface area contributed by atoms with Crippen molar-refractivity contribution >= 4 is 5.78 Å². The minimum absolute atomic E-state index is 0.00745. The summed E-state index contributed by atoms with van der Waals surface area (Å²) < 4.78 is 46.7. The highest BCUT2D eigenvalue weighted by molar-refractivity contribution is 5.97. The van der Waals surface area contributed by atoms with Crippen LogP contribution in [0.3, 0.4) is 0 Å². The van der Waals surface area contributed by atoms with Gasteiger partial charge in [-0.3, -0.25) is 4.79 Å². The van der Waals surface area contributed by atoms with Gasteiger partial charge in [0.15, 0.2) is 6.29 Å². The summed E-state index contributed by atoms with van der Waals surface area (Å²) in [5.41, 5.74) is 0. The normalized spacial score (nSPS) is 44.3. The Morgan fingerprint density at radius 2 is 1.31 bits per heavy atom. The van der Waals surface area contributed by atoms with Crippen molar-refractivity contribution in [3.8, 4) is 0 Å². The highest BCUT2D eigenvalue weighted by Gasteiger charge is 2.53. The maximum atomic E-state index is 14.3. The summed E-state index contributed by atoms with van der Waals surface area (Å²) in [6, 6.07) is 0. The lowest BCUT2D eigenvalue weighted by molar-refractivity contribution is -0.324. The van der Waals surface area contributed by atoms with Gasteiger partial charge in [-0.25, -0.2) is 0 Å². The number of Topliss-reactive ketones (excluding diaryl/α,β-unsaturated/α-hetero) is 1. The van der Waals surface area contributed by atoms with E-state index in [1.54, 1.807) is 0 Å². The van der Waals surface area contributed by atoms with E-state index >= 15 is 0 Å². The van der Waals surface area contributed by atoms with E-state index < -0.39 is 116 Å². The largest absolute Gasteiger partial charge is 0.489 e. The number of ether oxygens (including phenoxy) is 8. The van der Waals surface area contributed by atoms with Crippen molar-refractivity contribution < 1.29 is 93.8 Å². The van der Waals surface area contributed by atoms with E-state index in [4.69, 9.17) is 37.9 Å². The molecule has 17 atom stereocenters. The molecule has 0 aromatic heterocycles. The number of hydrogen-bond donors (Lipinski definition) is 10. The van der Waals surface area contributed by atoms with Crippen LogP contribution in [0, 0.1) is 11.8 Å². The first kappa shape index (κ1) is 41.5. The molecule has 4 fully saturated rings. The molecule has 19 nitrogen and oxygen atoms in total. The van der Waals surface area contributed by atoms with Gasteiger partial charge in [0, 0.05) is 18.8 Å². The van der Waals surface area contributed by atoms with Crippen LogP contribution >= 0.6 is 0 Å². The molecular formula is C33H54O19. The zero-order chi connectivity index (χ0) is 37.7. The minimum atomic E-state index is -1.89. The van der Waals surface area contributed by atoms with Crippen molar-refractivity contribution in [2.75, 3.05) is 46.2 Å². The van der Waals surface area contributed by atoms with Gasteiger partial charge in [-0.15, -0.1) is 0 Å². The molecule has 19 heteroatoms. The van der Waals surface area contributed by atoms with Crippen molar-refractivity contribution in [3.05, 3.63) is 11.5 Å². The number of aliphatic hydroxyl groups is 10. The standard InChI is InChI=1S/C33H54O19/c1-14-23(38)26(41)28(43)32(49-14)48-13-21-24(39)27(42)29(44)33(51-21)52-31-25(40)22-17(37)11-16(45-7-4-34)12-20(22)50-30(31)15-2-3-18(46-8-5-35)19(10-15)47-9-6-36/h14-24,26-29,32-39,41-44H,2-13H2,1H3/t14?,15?,16?,17?,18?,19?,20?,21?,22?,23-,24+,26-,27+,28?,29?,32+,33-/m0/s1. The van der Waals surface area contributed by atoms with E-state index in [1.165, 1.54) is 6.92 Å². The molecule has 3 aliphatic heterocycles. The SMILES string of the molecule is CC1O[C@@H](OCC2O[C@@H](OC3=C(C4CCC(OCCO)C(OCCO)C4)OC4CC(OCCO)CC(O)C4C3=O)C(O)[C@H](O)[C@@H]2O)C(O)[C@@H](O)[C@H]1O. The van der Waals surface area contributed by atoms with Crippen molar-refractivity contribution in [2.45, 2.75) is 131 Å². The van der Waals surface area contributed by atoms with Gasteiger partial charge in [0.25, 0.3) is 0 Å². The summed E-state index contributed by atoms with van der Waals surface area (Å²) in [7, 11) is 0. The number of fused-ring (bicyclic) bond motifs is 1. The highest BCUT2D eigenvalue weighted by atomic mass is 16.7. The van der Waals surface area contributed by atoms with Gasteiger partial charge < -0.3 is 89.0 Å². The quantitative estimate of drug-likeness (QED) is 0.0754. The number of hydrogen-bond acceptors (Lipinski definition) is 19. The van der Waals surface area contributed by atoms with Crippen molar-refractivity contribution in [2.24, 2.45) is 11.8 Å². The zero-order valence-electron chi connectivity index (χ0n) is 28.9. The molecule has 0 aromatic rings. The Morgan fingerprint density at radius 3 is 2.00 bits per heavy atom. The molecular weight excluding hydrogens is 700 g/mol. The first-order valence-electron chi connectivity index (χ1n) is 17.9. The molecule has 5 rings (SSSR count). The fourth-order valence-corrected chi connectivity index (χ4v) is 7.60. The van der Waals surface area contributed by atoms with Gasteiger partial charge in [0.1, 0.15) is 54.6 Å². The minimum Gasteiger partial charge on any atom is -0.489 e. The number of rotatable bonds is 15. The van der Waals surface area contributed by atoms with E-state index in [2.05, 4.69) is 0 Å². The Hall–Kier alpha value is -1.63. The summed E-state index contributed by atoms with van der Waals surface area (Å²) in [5.74, 6) is -2.61. The van der Waals surface area contributed by atoms with Gasteiger partial charge >= 0.3 is 0 Å². The maximum Gasteiger partial charge on any atom is 0.229 e. The third kappa shape index (κ3) is 9.24. The zero-order valence-corrected chi connectivity index (χ0v) is 28.9. The molecule has 0 amide bonds. The molecule has 11 unspecified atom stereocenters. The first-order chi connectivity index (χ1) is 24.9. The highest BCUT2D eigenvalue weighted by Crippen LogP contribution is 2.44. The van der Waals surface area contributed by atoms with Gasteiger partial charge in [-0.1, -0.05) is 0 Å². The van der Waals surface area contributed by atoms with E-state index in [0.29, 0.717) is 12.8 Å². The smallest absolute Gasteiger partial charge is 0.229 e. The van der Waals surface area contributed by atoms with Crippen LogP contribution in [0.1, 0.15) is 39.0 Å². The van der Waals surface area contributed by atoms with E-state index in [9.17, 15) is 55.9 Å². The number of carbonyl (C=O) groups excluding carboxylic acids is 1. The average Bonchev–Trinajstić information content (AvgIpc) is 3.13. The Bertz CT molecular complexity index is 1170. The number of carbonyl (C=O) groups is 1. The molecule has 0 aromatic carbocycles. The van der Waals surface area contributed by atoms with E-state index in [1.807, 2.05) is 0 Å².